The van der Waals surface area contributed by atoms with Gasteiger partial charge in [0.05, 0.1) is 11.3 Å². The van der Waals surface area contributed by atoms with E-state index in [1.807, 2.05) is 0 Å². The average Bonchev–Trinajstić information content (AvgIpc) is 2.41. The van der Waals surface area contributed by atoms with Gasteiger partial charge in [-0.2, -0.15) is 0 Å². The fourth-order valence-corrected chi connectivity index (χ4v) is 2.01. The number of primary amides is 1. The molecular formula is C13H10BrN3O3. The topological polar surface area (TPSA) is 105 Å². The zero-order valence-electron chi connectivity index (χ0n) is 10.1. The highest BCUT2D eigenvalue weighted by Gasteiger charge is 2.08. The molecule has 1 amide bonds. The van der Waals surface area contributed by atoms with E-state index < -0.39 is 11.9 Å². The molecule has 2 rings (SSSR count). The summed E-state index contributed by atoms with van der Waals surface area (Å²) in [6, 6.07) is 9.37. The molecule has 0 fully saturated rings. The molecule has 1 heterocycles. The van der Waals surface area contributed by atoms with Gasteiger partial charge in [-0.1, -0.05) is 6.07 Å². The van der Waals surface area contributed by atoms with Crippen molar-refractivity contribution in [1.29, 1.82) is 0 Å². The van der Waals surface area contributed by atoms with Crippen LogP contribution in [0.1, 0.15) is 20.8 Å². The molecule has 1 aromatic carbocycles. The molecule has 0 aliphatic carbocycles. The predicted octanol–water partition coefficient (Wildman–Crippen LogP) is 2.38. The second-order valence-electron chi connectivity index (χ2n) is 3.90. The van der Waals surface area contributed by atoms with Crippen molar-refractivity contribution in [3.05, 3.63) is 52.1 Å². The Morgan fingerprint density at radius 3 is 2.60 bits per heavy atom. The van der Waals surface area contributed by atoms with Crippen LogP contribution in [0.25, 0.3) is 0 Å². The molecule has 2 aromatic rings. The summed E-state index contributed by atoms with van der Waals surface area (Å²) in [6.07, 6.45) is 0. The maximum absolute atomic E-state index is 11.0. The molecule has 20 heavy (non-hydrogen) atoms. The fraction of sp³-hybridized carbons (Fsp3) is 0. The van der Waals surface area contributed by atoms with Crippen LogP contribution in [0.5, 0.6) is 0 Å². The minimum Gasteiger partial charge on any atom is -0.478 e. The van der Waals surface area contributed by atoms with E-state index in [0.717, 1.165) is 0 Å². The Balaban J connectivity index is 2.28. The highest BCUT2D eigenvalue weighted by atomic mass is 79.9. The van der Waals surface area contributed by atoms with Crippen LogP contribution >= 0.6 is 15.9 Å². The maximum Gasteiger partial charge on any atom is 0.335 e. The average molecular weight is 336 g/mol. The summed E-state index contributed by atoms with van der Waals surface area (Å²) in [4.78, 5) is 25.9. The zero-order valence-corrected chi connectivity index (χ0v) is 11.7. The molecule has 0 atom stereocenters. The van der Waals surface area contributed by atoms with E-state index in [0.29, 0.717) is 16.0 Å². The van der Waals surface area contributed by atoms with E-state index in [2.05, 4.69) is 26.2 Å². The summed E-state index contributed by atoms with van der Waals surface area (Å²) in [5.74, 6) is -1.19. The van der Waals surface area contributed by atoms with E-state index in [1.165, 1.54) is 18.2 Å². The minimum atomic E-state index is -1.01. The number of hydrogen-bond acceptors (Lipinski definition) is 4. The Morgan fingerprint density at radius 1 is 1.25 bits per heavy atom. The van der Waals surface area contributed by atoms with Crippen molar-refractivity contribution in [3.63, 3.8) is 0 Å². The number of hydrogen-bond donors (Lipinski definition) is 3. The summed E-state index contributed by atoms with van der Waals surface area (Å²) in [7, 11) is 0. The molecule has 102 valence electrons. The predicted molar refractivity (Wildman–Crippen MR) is 77.1 cm³/mol. The van der Waals surface area contributed by atoms with Crippen LogP contribution in [0, 0.1) is 0 Å². The van der Waals surface area contributed by atoms with Gasteiger partial charge >= 0.3 is 5.97 Å². The number of aromatic nitrogens is 1. The third-order valence-electron chi connectivity index (χ3n) is 2.48. The highest BCUT2D eigenvalue weighted by molar-refractivity contribution is 9.10. The zero-order chi connectivity index (χ0) is 14.7. The molecule has 0 aliphatic rings. The largest absolute Gasteiger partial charge is 0.478 e. The van der Waals surface area contributed by atoms with Crippen molar-refractivity contribution in [2.75, 3.05) is 5.32 Å². The number of nitrogens with one attached hydrogen (secondary N) is 1. The Bertz CT molecular complexity index is 688. The van der Waals surface area contributed by atoms with Crippen LogP contribution in [0.2, 0.25) is 0 Å². The van der Waals surface area contributed by atoms with Crippen LogP contribution in [-0.4, -0.2) is 22.0 Å². The van der Waals surface area contributed by atoms with Gasteiger partial charge in [-0.25, -0.2) is 9.78 Å². The van der Waals surface area contributed by atoms with Crippen molar-refractivity contribution in [2.45, 2.75) is 0 Å². The summed E-state index contributed by atoms with van der Waals surface area (Å²) in [5.41, 5.74) is 6.10. The van der Waals surface area contributed by atoms with E-state index in [-0.39, 0.29) is 11.3 Å². The number of carbonyl (C=O) groups is 2. The number of halogens is 1. The number of amides is 1. The van der Waals surface area contributed by atoms with Gasteiger partial charge in [-0.3, -0.25) is 4.79 Å². The second-order valence-corrected chi connectivity index (χ2v) is 4.75. The van der Waals surface area contributed by atoms with Gasteiger partial charge in [0.1, 0.15) is 11.5 Å². The first-order valence-electron chi connectivity index (χ1n) is 5.54. The Labute approximate surface area is 122 Å². The third kappa shape index (κ3) is 3.12. The van der Waals surface area contributed by atoms with Crippen LogP contribution in [0.3, 0.4) is 0 Å². The Kier molecular flexibility index (Phi) is 3.99. The van der Waals surface area contributed by atoms with Crippen LogP contribution in [-0.2, 0) is 0 Å². The number of aromatic carboxylic acids is 1. The molecule has 4 N–H and O–H groups in total. The molecule has 0 radical (unpaired) electrons. The number of anilines is 2. The lowest BCUT2D eigenvalue weighted by Gasteiger charge is -2.09. The summed E-state index contributed by atoms with van der Waals surface area (Å²) >= 11 is 3.28. The number of nitrogens with two attached hydrogens (primary N) is 1. The molecule has 1 aromatic heterocycles. The number of nitrogens with zero attached hydrogens (tertiary/aromatic N) is 1. The van der Waals surface area contributed by atoms with Gasteiger partial charge in [0.2, 0.25) is 0 Å². The van der Waals surface area contributed by atoms with Crippen molar-refractivity contribution in [3.8, 4) is 0 Å². The fourth-order valence-electron chi connectivity index (χ4n) is 1.53. The van der Waals surface area contributed by atoms with Gasteiger partial charge in [-0.15, -0.1) is 0 Å². The lowest BCUT2D eigenvalue weighted by atomic mass is 10.2. The second kappa shape index (κ2) is 5.70. The molecule has 6 nitrogen and oxygen atoms in total. The monoisotopic (exact) mass is 335 g/mol. The van der Waals surface area contributed by atoms with Crippen molar-refractivity contribution in [2.24, 2.45) is 5.73 Å². The lowest BCUT2D eigenvalue weighted by molar-refractivity contribution is 0.0696. The minimum absolute atomic E-state index is 0.147. The number of pyridine rings is 1. The van der Waals surface area contributed by atoms with Crippen LogP contribution in [0.15, 0.2) is 40.9 Å². The van der Waals surface area contributed by atoms with E-state index >= 15 is 0 Å². The van der Waals surface area contributed by atoms with Gasteiger partial charge in [0.25, 0.3) is 5.91 Å². The number of rotatable bonds is 4. The number of carboxylic acids is 1. The maximum atomic E-state index is 11.0. The first-order chi connectivity index (χ1) is 9.47. The first kappa shape index (κ1) is 14.0. The van der Waals surface area contributed by atoms with Gasteiger partial charge in [0.15, 0.2) is 0 Å². The normalized spacial score (nSPS) is 10.1. The Hall–Kier alpha value is -2.41. The van der Waals surface area contributed by atoms with E-state index in [1.54, 1.807) is 18.2 Å². The van der Waals surface area contributed by atoms with Gasteiger partial charge in [0, 0.05) is 4.47 Å². The van der Waals surface area contributed by atoms with Crippen LogP contribution < -0.4 is 11.1 Å². The standard InChI is InChI=1S/C13H10BrN3O3/c14-8-6-7(13(19)20)4-5-9(8)16-11-3-1-2-10(17-11)12(15)18/h1-6H,(H2,15,18)(H,16,17)(H,19,20). The lowest BCUT2D eigenvalue weighted by Crippen LogP contribution is -2.13. The number of carboxylic acid groups (broad SMARTS) is 1. The first-order valence-corrected chi connectivity index (χ1v) is 6.33. The van der Waals surface area contributed by atoms with Crippen molar-refractivity contribution in [1.82, 2.24) is 4.98 Å². The van der Waals surface area contributed by atoms with Gasteiger partial charge in [-0.05, 0) is 46.3 Å². The molecule has 0 unspecified atom stereocenters. The highest BCUT2D eigenvalue weighted by Crippen LogP contribution is 2.26. The molecule has 0 saturated heterocycles. The molecule has 0 saturated carbocycles. The number of benzene rings is 1. The summed E-state index contributed by atoms with van der Waals surface area (Å²) < 4.78 is 0.573. The van der Waals surface area contributed by atoms with E-state index in [4.69, 9.17) is 10.8 Å². The smallest absolute Gasteiger partial charge is 0.335 e. The quantitative estimate of drug-likeness (QED) is 0.795. The molecule has 7 heteroatoms. The summed E-state index contributed by atoms with van der Waals surface area (Å²) in [5, 5.41) is 11.9. The molecule has 0 spiro atoms. The Morgan fingerprint density at radius 2 is 2.00 bits per heavy atom. The molecule has 0 aliphatic heterocycles. The molecule has 0 bridgehead atoms. The third-order valence-corrected chi connectivity index (χ3v) is 3.14. The summed E-state index contributed by atoms with van der Waals surface area (Å²) in [6.45, 7) is 0. The molecular weight excluding hydrogens is 326 g/mol. The van der Waals surface area contributed by atoms with E-state index in [9.17, 15) is 9.59 Å². The van der Waals surface area contributed by atoms with Crippen molar-refractivity contribution >= 4 is 39.3 Å². The van der Waals surface area contributed by atoms with Crippen LogP contribution in [0.4, 0.5) is 11.5 Å². The van der Waals surface area contributed by atoms with Crippen molar-refractivity contribution < 1.29 is 14.7 Å². The SMILES string of the molecule is NC(=O)c1cccc(Nc2ccc(C(=O)O)cc2Br)n1. The van der Waals surface area contributed by atoms with Gasteiger partial charge < -0.3 is 16.2 Å². The number of carbonyl (C=O) groups excluding carboxylic acids is 1.